The summed E-state index contributed by atoms with van der Waals surface area (Å²) in [6.07, 6.45) is -0.474. The van der Waals surface area contributed by atoms with E-state index in [9.17, 15) is 14.7 Å². The number of carbonyl (C=O) groups excluding carboxylic acids is 2. The molecular formula is C19H21ClN2O3. The van der Waals surface area contributed by atoms with Crippen LogP contribution in [0.1, 0.15) is 36.6 Å². The van der Waals surface area contributed by atoms with Crippen LogP contribution in [0.15, 0.2) is 54.6 Å². The lowest BCUT2D eigenvalue weighted by Gasteiger charge is -2.15. The fraction of sp³-hybridized carbons (Fsp3) is 0.263. The molecule has 2 atom stereocenters. The van der Waals surface area contributed by atoms with Gasteiger partial charge < -0.3 is 15.7 Å². The maximum absolute atomic E-state index is 11.9. The zero-order chi connectivity index (χ0) is 18.2. The van der Waals surface area contributed by atoms with Crippen LogP contribution in [0.25, 0.3) is 0 Å². The molecule has 2 aromatic carbocycles. The zero-order valence-electron chi connectivity index (χ0n) is 13.9. The smallest absolute Gasteiger partial charge is 0.309 e. The second kappa shape index (κ2) is 9.20. The van der Waals surface area contributed by atoms with Crippen LogP contribution in [0.5, 0.6) is 0 Å². The minimum Gasteiger partial charge on any atom is -0.388 e. The summed E-state index contributed by atoms with van der Waals surface area (Å²) >= 11 is 5.88. The SMILES string of the molecule is C[C@@H](NC(=O)C(=O)NCC[C@H](O)c1cccc(Cl)c1)c1ccccc1. The fourth-order valence-electron chi connectivity index (χ4n) is 2.37. The van der Waals surface area contributed by atoms with Crippen molar-refractivity contribution in [2.24, 2.45) is 0 Å². The van der Waals surface area contributed by atoms with Crippen LogP contribution in [0, 0.1) is 0 Å². The average Bonchev–Trinajstić information content (AvgIpc) is 2.62. The molecule has 132 valence electrons. The lowest BCUT2D eigenvalue weighted by Crippen LogP contribution is -2.41. The standard InChI is InChI=1S/C19H21ClN2O3/c1-13(14-6-3-2-4-7-14)22-19(25)18(24)21-11-10-17(23)15-8-5-9-16(20)12-15/h2-9,12-13,17,23H,10-11H2,1H3,(H,21,24)(H,22,25)/t13-,17+/m1/s1. The molecule has 2 amide bonds. The minimum absolute atomic E-state index is 0.180. The Hall–Kier alpha value is -2.37. The highest BCUT2D eigenvalue weighted by Crippen LogP contribution is 2.19. The molecule has 2 aromatic rings. The van der Waals surface area contributed by atoms with Crippen LogP contribution in [0.4, 0.5) is 0 Å². The Morgan fingerprint density at radius 2 is 1.72 bits per heavy atom. The number of benzene rings is 2. The van der Waals surface area contributed by atoms with E-state index in [-0.39, 0.29) is 19.0 Å². The Kier molecular flexibility index (Phi) is 6.98. The quantitative estimate of drug-likeness (QED) is 0.693. The predicted octanol–water partition coefficient (Wildman–Crippen LogP) is 2.76. The Bertz CT molecular complexity index is 722. The van der Waals surface area contributed by atoms with E-state index in [2.05, 4.69) is 10.6 Å². The van der Waals surface area contributed by atoms with Crippen LogP contribution < -0.4 is 10.6 Å². The molecular weight excluding hydrogens is 340 g/mol. The van der Waals surface area contributed by atoms with Crippen molar-refractivity contribution in [2.75, 3.05) is 6.54 Å². The molecule has 2 rings (SSSR count). The third-order valence-corrected chi connectivity index (χ3v) is 4.03. The first-order valence-electron chi connectivity index (χ1n) is 8.04. The summed E-state index contributed by atoms with van der Waals surface area (Å²) in [7, 11) is 0. The summed E-state index contributed by atoms with van der Waals surface area (Å²) in [5.41, 5.74) is 1.59. The third kappa shape index (κ3) is 5.89. The molecule has 5 nitrogen and oxygen atoms in total. The van der Waals surface area contributed by atoms with Crippen LogP contribution in [0.3, 0.4) is 0 Å². The van der Waals surface area contributed by atoms with Gasteiger partial charge >= 0.3 is 11.8 Å². The predicted molar refractivity (Wildman–Crippen MR) is 97.0 cm³/mol. The first kappa shape index (κ1) is 19.0. The lowest BCUT2D eigenvalue weighted by molar-refractivity contribution is -0.139. The fourth-order valence-corrected chi connectivity index (χ4v) is 2.57. The van der Waals surface area contributed by atoms with Gasteiger partial charge in [0, 0.05) is 11.6 Å². The van der Waals surface area contributed by atoms with Gasteiger partial charge in [0.25, 0.3) is 0 Å². The molecule has 0 spiro atoms. The van der Waals surface area contributed by atoms with Gasteiger partial charge in [-0.05, 0) is 36.6 Å². The van der Waals surface area contributed by atoms with Gasteiger partial charge in [-0.25, -0.2) is 0 Å². The van der Waals surface area contributed by atoms with Crippen molar-refractivity contribution >= 4 is 23.4 Å². The normalized spacial score (nSPS) is 12.9. The van der Waals surface area contributed by atoms with Gasteiger partial charge in [0.2, 0.25) is 0 Å². The minimum atomic E-state index is -0.759. The van der Waals surface area contributed by atoms with Crippen molar-refractivity contribution in [1.82, 2.24) is 10.6 Å². The van der Waals surface area contributed by atoms with Crippen LogP contribution >= 0.6 is 11.6 Å². The number of halogens is 1. The highest BCUT2D eigenvalue weighted by Gasteiger charge is 2.17. The van der Waals surface area contributed by atoms with E-state index in [1.54, 1.807) is 24.3 Å². The molecule has 0 bridgehead atoms. The topological polar surface area (TPSA) is 78.4 Å². The van der Waals surface area contributed by atoms with Gasteiger partial charge in [-0.1, -0.05) is 54.1 Å². The second-order valence-corrected chi connectivity index (χ2v) is 6.16. The largest absolute Gasteiger partial charge is 0.388 e. The van der Waals surface area contributed by atoms with E-state index in [1.807, 2.05) is 37.3 Å². The highest BCUT2D eigenvalue weighted by molar-refractivity contribution is 6.35. The first-order valence-corrected chi connectivity index (χ1v) is 8.42. The number of amides is 2. The number of aliphatic hydroxyl groups excluding tert-OH is 1. The molecule has 0 radical (unpaired) electrons. The summed E-state index contributed by atoms with van der Waals surface area (Å²) in [6, 6.07) is 16.0. The highest BCUT2D eigenvalue weighted by atomic mass is 35.5. The van der Waals surface area contributed by atoms with Crippen LogP contribution in [0.2, 0.25) is 5.02 Å². The summed E-state index contributed by atoms with van der Waals surface area (Å²) in [6.45, 7) is 1.99. The zero-order valence-corrected chi connectivity index (χ0v) is 14.7. The summed E-state index contributed by atoms with van der Waals surface area (Å²) in [5, 5.41) is 15.8. The Labute approximate surface area is 152 Å². The van der Waals surface area contributed by atoms with Gasteiger partial charge in [-0.15, -0.1) is 0 Å². The van der Waals surface area contributed by atoms with E-state index >= 15 is 0 Å². The van der Waals surface area contributed by atoms with Crippen LogP contribution in [-0.2, 0) is 9.59 Å². The number of carbonyl (C=O) groups is 2. The van der Waals surface area contributed by atoms with Crippen LogP contribution in [-0.4, -0.2) is 23.5 Å². The van der Waals surface area contributed by atoms with Crippen molar-refractivity contribution in [3.8, 4) is 0 Å². The van der Waals surface area contributed by atoms with E-state index in [4.69, 9.17) is 11.6 Å². The second-order valence-electron chi connectivity index (χ2n) is 5.72. The average molecular weight is 361 g/mol. The molecule has 0 aliphatic heterocycles. The van der Waals surface area contributed by atoms with Gasteiger partial charge in [-0.2, -0.15) is 0 Å². The molecule has 0 aliphatic rings. The van der Waals surface area contributed by atoms with E-state index in [0.717, 1.165) is 5.56 Å². The Balaban J connectivity index is 1.77. The number of hydrogen-bond donors (Lipinski definition) is 3. The lowest BCUT2D eigenvalue weighted by atomic mass is 10.1. The molecule has 25 heavy (non-hydrogen) atoms. The molecule has 6 heteroatoms. The Morgan fingerprint density at radius 3 is 2.40 bits per heavy atom. The van der Waals surface area contributed by atoms with Gasteiger partial charge in [0.05, 0.1) is 12.1 Å². The third-order valence-electron chi connectivity index (χ3n) is 3.79. The monoisotopic (exact) mass is 360 g/mol. The number of rotatable bonds is 6. The molecule has 0 heterocycles. The molecule has 0 saturated carbocycles. The number of aliphatic hydroxyl groups is 1. The summed E-state index contributed by atoms with van der Waals surface area (Å²) in [5.74, 6) is -1.42. The summed E-state index contributed by atoms with van der Waals surface area (Å²) < 4.78 is 0. The first-order chi connectivity index (χ1) is 12.0. The summed E-state index contributed by atoms with van der Waals surface area (Å²) in [4.78, 5) is 23.8. The van der Waals surface area contributed by atoms with E-state index in [1.165, 1.54) is 0 Å². The van der Waals surface area contributed by atoms with E-state index < -0.39 is 17.9 Å². The maximum atomic E-state index is 11.9. The number of nitrogens with one attached hydrogen (secondary N) is 2. The molecule has 0 saturated heterocycles. The van der Waals surface area contributed by atoms with E-state index in [0.29, 0.717) is 10.6 Å². The van der Waals surface area contributed by atoms with Gasteiger partial charge in [0.1, 0.15) is 0 Å². The van der Waals surface area contributed by atoms with Crippen molar-refractivity contribution in [3.63, 3.8) is 0 Å². The van der Waals surface area contributed by atoms with Crippen molar-refractivity contribution < 1.29 is 14.7 Å². The van der Waals surface area contributed by atoms with Crippen molar-refractivity contribution in [3.05, 3.63) is 70.7 Å². The Morgan fingerprint density at radius 1 is 1.04 bits per heavy atom. The molecule has 3 N–H and O–H groups in total. The van der Waals surface area contributed by atoms with Gasteiger partial charge in [0.15, 0.2) is 0 Å². The molecule has 0 aromatic heterocycles. The molecule has 0 unspecified atom stereocenters. The molecule has 0 aliphatic carbocycles. The van der Waals surface area contributed by atoms with Crippen molar-refractivity contribution in [2.45, 2.75) is 25.5 Å². The molecule has 0 fully saturated rings. The number of hydrogen-bond acceptors (Lipinski definition) is 3. The maximum Gasteiger partial charge on any atom is 0.309 e. The van der Waals surface area contributed by atoms with Crippen molar-refractivity contribution in [1.29, 1.82) is 0 Å². The van der Waals surface area contributed by atoms with Gasteiger partial charge in [-0.3, -0.25) is 9.59 Å².